The molecule has 5 heteroatoms. The maximum Gasteiger partial charge on any atom is 0.271 e. The molecule has 1 atom stereocenters. The van der Waals surface area contributed by atoms with Gasteiger partial charge in [-0.3, -0.25) is 10.1 Å². The van der Waals surface area contributed by atoms with Gasteiger partial charge in [0.25, 0.3) is 5.69 Å². The summed E-state index contributed by atoms with van der Waals surface area (Å²) in [6, 6.07) is 13.1. The fraction of sp³-hybridized carbons (Fsp3) is 0.200. The average Bonchev–Trinajstić information content (AvgIpc) is 2.37. The number of non-ortho nitro benzene ring substituents is 1. The summed E-state index contributed by atoms with van der Waals surface area (Å²) in [4.78, 5) is 10.5. The van der Waals surface area contributed by atoms with Gasteiger partial charge in [0.2, 0.25) is 0 Å². The maximum atomic E-state index is 10.9. The lowest BCUT2D eigenvalue weighted by Gasteiger charge is -2.16. The second kappa shape index (κ2) is 6.05. The lowest BCUT2D eigenvalue weighted by atomic mass is 10.1. The van der Waals surface area contributed by atoms with Crippen molar-refractivity contribution in [3.63, 3.8) is 0 Å². The van der Waals surface area contributed by atoms with E-state index in [4.69, 9.17) is 0 Å². The van der Waals surface area contributed by atoms with Gasteiger partial charge in [-0.1, -0.05) is 28.1 Å². The second-order valence-electron chi connectivity index (χ2n) is 4.74. The Morgan fingerprint density at radius 1 is 1.25 bits per heavy atom. The third kappa shape index (κ3) is 3.57. The summed E-state index contributed by atoms with van der Waals surface area (Å²) >= 11 is 3.44. The summed E-state index contributed by atoms with van der Waals surface area (Å²) in [7, 11) is 0. The van der Waals surface area contributed by atoms with E-state index in [1.54, 1.807) is 12.1 Å². The van der Waals surface area contributed by atoms with Crippen molar-refractivity contribution in [2.45, 2.75) is 19.9 Å². The molecule has 1 N–H and O–H groups in total. The molecule has 0 aromatic heterocycles. The third-order valence-electron chi connectivity index (χ3n) is 3.00. The van der Waals surface area contributed by atoms with E-state index in [0.29, 0.717) is 0 Å². The van der Waals surface area contributed by atoms with Crippen molar-refractivity contribution >= 4 is 27.3 Å². The Hall–Kier alpha value is -1.88. The van der Waals surface area contributed by atoms with Crippen LogP contribution < -0.4 is 5.32 Å². The summed E-state index contributed by atoms with van der Waals surface area (Å²) in [5.74, 6) is 0. The molecular formula is C15H15BrN2O2. The maximum absolute atomic E-state index is 10.9. The molecule has 0 heterocycles. The summed E-state index contributed by atoms with van der Waals surface area (Å²) in [5, 5.41) is 14.2. The number of aryl methyl sites for hydroxylation is 1. The summed E-state index contributed by atoms with van der Waals surface area (Å²) in [5.41, 5.74) is 2.84. The molecule has 0 radical (unpaired) electrons. The van der Waals surface area contributed by atoms with Crippen LogP contribution in [-0.4, -0.2) is 4.92 Å². The highest BCUT2D eigenvalue weighted by Gasteiger charge is 2.11. The van der Waals surface area contributed by atoms with Gasteiger partial charge in [0, 0.05) is 28.3 Å². The van der Waals surface area contributed by atoms with Crippen LogP contribution in [-0.2, 0) is 0 Å². The smallest absolute Gasteiger partial charge is 0.271 e. The van der Waals surface area contributed by atoms with E-state index in [-0.39, 0.29) is 16.7 Å². The van der Waals surface area contributed by atoms with Gasteiger partial charge in [-0.25, -0.2) is 0 Å². The minimum Gasteiger partial charge on any atom is -0.378 e. The fourth-order valence-electron chi connectivity index (χ4n) is 2.06. The minimum atomic E-state index is -0.373. The predicted octanol–water partition coefficient (Wildman–Crippen LogP) is 4.84. The number of nitro groups is 1. The van der Waals surface area contributed by atoms with Crippen molar-refractivity contribution in [3.05, 3.63) is 68.2 Å². The van der Waals surface area contributed by atoms with Gasteiger partial charge in [-0.15, -0.1) is 0 Å². The summed E-state index contributed by atoms with van der Waals surface area (Å²) in [6.45, 7) is 3.87. The first kappa shape index (κ1) is 14.5. The zero-order valence-electron chi connectivity index (χ0n) is 11.3. The van der Waals surface area contributed by atoms with Gasteiger partial charge >= 0.3 is 0 Å². The predicted molar refractivity (Wildman–Crippen MR) is 84.0 cm³/mol. The Kier molecular flexibility index (Phi) is 4.39. The van der Waals surface area contributed by atoms with Crippen molar-refractivity contribution in [2.24, 2.45) is 0 Å². The molecule has 104 valence electrons. The summed E-state index contributed by atoms with van der Waals surface area (Å²) in [6.07, 6.45) is 0. The minimum absolute atomic E-state index is 0.0638. The first-order valence-corrected chi connectivity index (χ1v) is 7.03. The molecule has 2 aromatic rings. The van der Waals surface area contributed by atoms with Crippen LogP contribution in [0.3, 0.4) is 0 Å². The van der Waals surface area contributed by atoms with Crippen LogP contribution in [0.5, 0.6) is 0 Å². The number of nitrogens with one attached hydrogen (secondary N) is 1. The van der Waals surface area contributed by atoms with Crippen molar-refractivity contribution in [2.75, 3.05) is 5.32 Å². The van der Waals surface area contributed by atoms with Crippen LogP contribution in [0.2, 0.25) is 0 Å². The van der Waals surface area contributed by atoms with Gasteiger partial charge in [0.05, 0.1) is 4.92 Å². The average molecular weight is 335 g/mol. The molecule has 0 spiro atoms. The molecule has 0 bridgehead atoms. The highest BCUT2D eigenvalue weighted by atomic mass is 79.9. The van der Waals surface area contributed by atoms with E-state index >= 15 is 0 Å². The molecule has 1 unspecified atom stereocenters. The first-order valence-electron chi connectivity index (χ1n) is 6.24. The van der Waals surface area contributed by atoms with Gasteiger partial charge < -0.3 is 5.32 Å². The number of nitrogens with zero attached hydrogens (tertiary/aromatic N) is 1. The van der Waals surface area contributed by atoms with Gasteiger partial charge in [-0.05, 0) is 43.2 Å². The van der Waals surface area contributed by atoms with Crippen LogP contribution in [0.1, 0.15) is 24.1 Å². The molecule has 0 aliphatic carbocycles. The van der Waals surface area contributed by atoms with Crippen LogP contribution in [0.15, 0.2) is 46.9 Å². The Bertz CT molecular complexity index is 644. The number of rotatable bonds is 4. The largest absolute Gasteiger partial charge is 0.378 e. The second-order valence-corrected chi connectivity index (χ2v) is 5.65. The van der Waals surface area contributed by atoms with E-state index in [1.165, 1.54) is 0 Å². The van der Waals surface area contributed by atoms with Crippen molar-refractivity contribution in [3.8, 4) is 0 Å². The molecule has 4 nitrogen and oxygen atoms in total. The molecule has 0 aliphatic rings. The highest BCUT2D eigenvalue weighted by molar-refractivity contribution is 9.10. The van der Waals surface area contributed by atoms with Crippen molar-refractivity contribution < 1.29 is 4.92 Å². The molecule has 0 fully saturated rings. The summed E-state index contributed by atoms with van der Waals surface area (Å²) < 4.78 is 1.01. The molecule has 2 rings (SSSR count). The van der Waals surface area contributed by atoms with Crippen LogP contribution in [0.25, 0.3) is 0 Å². The number of hydrogen-bond donors (Lipinski definition) is 1. The Morgan fingerprint density at radius 3 is 2.65 bits per heavy atom. The number of nitro benzene ring substituents is 1. The fourth-order valence-corrected chi connectivity index (χ4v) is 2.48. The molecular weight excluding hydrogens is 320 g/mol. The molecule has 0 amide bonds. The molecule has 0 aliphatic heterocycles. The lowest BCUT2D eigenvalue weighted by molar-refractivity contribution is -0.384. The van der Waals surface area contributed by atoms with Crippen LogP contribution in [0, 0.1) is 17.0 Å². The number of hydrogen-bond acceptors (Lipinski definition) is 3. The standard InChI is InChI=1S/C15H15BrN2O2/c1-10-6-14(9-15(7-10)18(19)20)17-11(2)12-4-3-5-13(16)8-12/h3-9,11,17H,1-2H3. The number of anilines is 1. The first-order chi connectivity index (χ1) is 9.45. The monoisotopic (exact) mass is 334 g/mol. The zero-order chi connectivity index (χ0) is 14.7. The third-order valence-corrected chi connectivity index (χ3v) is 3.50. The highest BCUT2D eigenvalue weighted by Crippen LogP contribution is 2.25. The van der Waals surface area contributed by atoms with Crippen molar-refractivity contribution in [1.82, 2.24) is 0 Å². The van der Waals surface area contributed by atoms with Crippen molar-refractivity contribution in [1.29, 1.82) is 0 Å². The van der Waals surface area contributed by atoms with E-state index < -0.39 is 0 Å². The molecule has 2 aromatic carbocycles. The number of benzene rings is 2. The van der Waals surface area contributed by atoms with Gasteiger partial charge in [-0.2, -0.15) is 0 Å². The Morgan fingerprint density at radius 2 is 2.00 bits per heavy atom. The van der Waals surface area contributed by atoms with Crippen LogP contribution in [0.4, 0.5) is 11.4 Å². The Labute approximate surface area is 126 Å². The van der Waals surface area contributed by atoms with Crippen LogP contribution >= 0.6 is 15.9 Å². The Balaban J connectivity index is 2.23. The van der Waals surface area contributed by atoms with E-state index in [9.17, 15) is 10.1 Å². The van der Waals surface area contributed by atoms with Gasteiger partial charge in [0.15, 0.2) is 0 Å². The normalized spacial score (nSPS) is 11.9. The number of halogens is 1. The lowest BCUT2D eigenvalue weighted by Crippen LogP contribution is -2.07. The topological polar surface area (TPSA) is 55.2 Å². The van der Waals surface area contributed by atoms with E-state index in [0.717, 1.165) is 21.3 Å². The molecule has 0 saturated heterocycles. The quantitative estimate of drug-likeness (QED) is 0.642. The molecule has 0 saturated carbocycles. The van der Waals surface area contributed by atoms with E-state index in [2.05, 4.69) is 21.2 Å². The zero-order valence-corrected chi connectivity index (χ0v) is 12.8. The molecule has 20 heavy (non-hydrogen) atoms. The SMILES string of the molecule is Cc1cc(NC(C)c2cccc(Br)c2)cc([N+](=O)[O-])c1. The van der Waals surface area contributed by atoms with Gasteiger partial charge in [0.1, 0.15) is 0 Å². The van der Waals surface area contributed by atoms with E-state index in [1.807, 2.05) is 44.2 Å².